The van der Waals surface area contributed by atoms with E-state index in [1.54, 1.807) is 0 Å². The van der Waals surface area contributed by atoms with Gasteiger partial charge in [-0.15, -0.1) is 0 Å². The SMILES string of the molecule is Cc1ccc(/C=C2\CN(C)C[C@@]3(C2=O)[C@@H](c2ccc(C)cc2)C2CCCN2[C@@]32C(=O)c3cccc4cccc2c34)cc1. The summed E-state index contributed by atoms with van der Waals surface area (Å²) in [4.78, 5) is 35.6. The summed E-state index contributed by atoms with van der Waals surface area (Å²) >= 11 is 0. The second-order valence-corrected chi connectivity index (χ2v) is 13.1. The van der Waals surface area contributed by atoms with Gasteiger partial charge in [0.05, 0.1) is 5.41 Å². The topological polar surface area (TPSA) is 40.6 Å². The Hall–Kier alpha value is -3.86. The summed E-state index contributed by atoms with van der Waals surface area (Å²) in [6.45, 7) is 6.12. The van der Waals surface area contributed by atoms with Crippen molar-refractivity contribution in [2.75, 3.05) is 26.7 Å². The molecule has 210 valence electrons. The van der Waals surface area contributed by atoms with Gasteiger partial charge in [0.15, 0.2) is 11.6 Å². The van der Waals surface area contributed by atoms with Gasteiger partial charge in [0.1, 0.15) is 5.54 Å². The quantitative estimate of drug-likeness (QED) is 0.260. The number of carbonyl (C=O) groups is 2. The molecule has 1 unspecified atom stereocenters. The predicted octanol–water partition coefficient (Wildman–Crippen LogP) is 6.69. The maximum atomic E-state index is 15.6. The van der Waals surface area contributed by atoms with E-state index in [0.29, 0.717) is 13.1 Å². The second-order valence-electron chi connectivity index (χ2n) is 13.1. The molecule has 0 bridgehead atoms. The van der Waals surface area contributed by atoms with E-state index in [1.165, 1.54) is 16.7 Å². The number of piperidine rings is 1. The van der Waals surface area contributed by atoms with Gasteiger partial charge in [-0.05, 0) is 73.8 Å². The Bertz CT molecular complexity index is 1800. The van der Waals surface area contributed by atoms with Crippen LogP contribution in [0.25, 0.3) is 16.8 Å². The van der Waals surface area contributed by atoms with Crippen LogP contribution < -0.4 is 0 Å². The number of likely N-dealkylation sites (N-methyl/N-ethyl adjacent to an activating group) is 1. The first-order valence-corrected chi connectivity index (χ1v) is 15.3. The fourth-order valence-corrected chi connectivity index (χ4v) is 9.22. The number of ketones is 2. The summed E-state index contributed by atoms with van der Waals surface area (Å²) < 4.78 is 0. The zero-order chi connectivity index (χ0) is 28.8. The largest absolute Gasteiger partial charge is 0.301 e. The molecule has 0 radical (unpaired) electrons. The average molecular weight is 553 g/mol. The van der Waals surface area contributed by atoms with Crippen LogP contribution in [-0.4, -0.2) is 54.1 Å². The number of carbonyl (C=O) groups excluding carboxylic acids is 2. The number of rotatable bonds is 2. The molecule has 3 aliphatic heterocycles. The van der Waals surface area contributed by atoms with Crippen LogP contribution in [-0.2, 0) is 10.3 Å². The van der Waals surface area contributed by atoms with Crippen molar-refractivity contribution in [3.05, 3.63) is 124 Å². The molecule has 4 aliphatic rings. The number of nitrogens with zero attached hydrogens (tertiary/aromatic N) is 2. The van der Waals surface area contributed by atoms with Crippen LogP contribution in [0.3, 0.4) is 0 Å². The number of hydrogen-bond acceptors (Lipinski definition) is 4. The van der Waals surface area contributed by atoms with Gasteiger partial charge in [-0.1, -0.05) is 96.1 Å². The normalized spacial score (nSPS) is 29.9. The minimum atomic E-state index is -1.05. The Kier molecular flexibility index (Phi) is 5.57. The molecule has 8 rings (SSSR count). The van der Waals surface area contributed by atoms with Gasteiger partial charge >= 0.3 is 0 Å². The Morgan fingerprint density at radius 1 is 0.833 bits per heavy atom. The number of fused-ring (bicyclic) bond motifs is 4. The lowest BCUT2D eigenvalue weighted by Crippen LogP contribution is -2.65. The summed E-state index contributed by atoms with van der Waals surface area (Å²) in [5, 5.41) is 2.11. The van der Waals surface area contributed by atoms with Gasteiger partial charge in [0, 0.05) is 36.2 Å². The highest BCUT2D eigenvalue weighted by Crippen LogP contribution is 2.69. The summed E-state index contributed by atoms with van der Waals surface area (Å²) in [5.74, 6) is 0.138. The van der Waals surface area contributed by atoms with Crippen LogP contribution in [0, 0.1) is 19.3 Å². The minimum Gasteiger partial charge on any atom is -0.301 e. The number of hydrogen-bond donors (Lipinski definition) is 0. The Morgan fingerprint density at radius 3 is 2.26 bits per heavy atom. The maximum Gasteiger partial charge on any atom is 0.189 e. The third kappa shape index (κ3) is 3.20. The van der Waals surface area contributed by atoms with E-state index in [-0.39, 0.29) is 23.5 Å². The highest BCUT2D eigenvalue weighted by molar-refractivity contribution is 6.24. The van der Waals surface area contributed by atoms with Crippen molar-refractivity contribution in [2.24, 2.45) is 5.41 Å². The van der Waals surface area contributed by atoms with Gasteiger partial charge in [0.25, 0.3) is 0 Å². The molecule has 0 N–H and O–H groups in total. The van der Waals surface area contributed by atoms with Gasteiger partial charge in [0.2, 0.25) is 0 Å². The number of Topliss-reactive ketones (excluding diaryl/α,β-unsaturated/α-hetero) is 2. The fraction of sp³-hybridized carbons (Fsp3) is 0.316. The van der Waals surface area contributed by atoms with Crippen LogP contribution in [0.2, 0.25) is 0 Å². The summed E-state index contributed by atoms with van der Waals surface area (Å²) in [7, 11) is 2.12. The monoisotopic (exact) mass is 552 g/mol. The molecular weight excluding hydrogens is 516 g/mol. The molecule has 4 heteroatoms. The summed E-state index contributed by atoms with van der Waals surface area (Å²) in [5.41, 5.74) is 5.15. The highest BCUT2D eigenvalue weighted by atomic mass is 16.1. The smallest absolute Gasteiger partial charge is 0.189 e. The van der Waals surface area contributed by atoms with Crippen molar-refractivity contribution in [1.29, 1.82) is 0 Å². The molecule has 3 heterocycles. The number of likely N-dealkylation sites (tertiary alicyclic amines) is 1. The van der Waals surface area contributed by atoms with Crippen molar-refractivity contribution in [2.45, 2.75) is 44.2 Å². The van der Waals surface area contributed by atoms with E-state index in [2.05, 4.69) is 110 Å². The molecular formula is C38H36N2O2. The number of benzene rings is 4. The lowest BCUT2D eigenvalue weighted by Gasteiger charge is -2.52. The third-order valence-corrected chi connectivity index (χ3v) is 10.7. The Labute approximate surface area is 247 Å². The molecule has 4 atom stereocenters. The predicted molar refractivity (Wildman–Crippen MR) is 168 cm³/mol. The minimum absolute atomic E-state index is 0.106. The lowest BCUT2D eigenvalue weighted by molar-refractivity contribution is -0.134. The molecule has 3 fully saturated rings. The fourth-order valence-electron chi connectivity index (χ4n) is 9.22. The zero-order valence-electron chi connectivity index (χ0n) is 24.6. The van der Waals surface area contributed by atoms with Crippen LogP contribution in [0.1, 0.15) is 56.9 Å². The molecule has 0 saturated carbocycles. The standard InChI is InChI=1S/C38H36N2O2/c1-24-12-16-26(17-13-24)21-29-22-39(3)23-37(35(29)41)34(28-18-14-25(2)15-19-28)32-11-6-20-40(32)38(37)31-10-5-8-27-7-4-9-30(33(27)31)36(38)42/h4-5,7-10,12-19,21,32,34H,6,11,20,22-23H2,1-3H3/b29-21+/t32?,34-,37-,38-/m0/s1. The molecule has 4 nitrogen and oxygen atoms in total. The summed E-state index contributed by atoms with van der Waals surface area (Å²) in [6, 6.07) is 29.7. The Balaban J connectivity index is 1.45. The van der Waals surface area contributed by atoms with E-state index in [9.17, 15) is 0 Å². The zero-order valence-corrected chi connectivity index (χ0v) is 24.6. The summed E-state index contributed by atoms with van der Waals surface area (Å²) in [6.07, 6.45) is 4.09. The Morgan fingerprint density at radius 2 is 1.52 bits per heavy atom. The van der Waals surface area contributed by atoms with Crippen molar-refractivity contribution < 1.29 is 9.59 Å². The van der Waals surface area contributed by atoms with E-state index in [4.69, 9.17) is 0 Å². The molecule has 3 saturated heterocycles. The molecule has 2 spiro atoms. The molecule has 0 amide bonds. The molecule has 42 heavy (non-hydrogen) atoms. The lowest BCUT2D eigenvalue weighted by atomic mass is 9.54. The highest BCUT2D eigenvalue weighted by Gasteiger charge is 2.78. The molecule has 1 aliphatic carbocycles. The van der Waals surface area contributed by atoms with E-state index >= 15 is 9.59 Å². The van der Waals surface area contributed by atoms with E-state index in [1.807, 2.05) is 12.1 Å². The average Bonchev–Trinajstić information content (AvgIpc) is 3.62. The van der Waals surface area contributed by atoms with Crippen molar-refractivity contribution >= 4 is 28.4 Å². The van der Waals surface area contributed by atoms with Crippen LogP contribution >= 0.6 is 0 Å². The molecule has 4 aromatic carbocycles. The van der Waals surface area contributed by atoms with Gasteiger partial charge in [-0.2, -0.15) is 0 Å². The molecule has 0 aromatic heterocycles. The number of aryl methyl sites for hydroxylation is 2. The first-order chi connectivity index (χ1) is 20.4. The van der Waals surface area contributed by atoms with Gasteiger partial charge < -0.3 is 4.90 Å². The first kappa shape index (κ1) is 25.8. The maximum absolute atomic E-state index is 15.6. The van der Waals surface area contributed by atoms with Crippen molar-refractivity contribution in [3.63, 3.8) is 0 Å². The van der Waals surface area contributed by atoms with Crippen LogP contribution in [0.4, 0.5) is 0 Å². The van der Waals surface area contributed by atoms with E-state index < -0.39 is 11.0 Å². The van der Waals surface area contributed by atoms with Gasteiger partial charge in [-0.3, -0.25) is 14.5 Å². The third-order valence-electron chi connectivity index (χ3n) is 10.7. The molecule has 4 aromatic rings. The van der Waals surface area contributed by atoms with Crippen LogP contribution in [0.5, 0.6) is 0 Å². The van der Waals surface area contributed by atoms with Crippen molar-refractivity contribution in [3.8, 4) is 0 Å². The van der Waals surface area contributed by atoms with E-state index in [0.717, 1.165) is 52.4 Å². The van der Waals surface area contributed by atoms with Gasteiger partial charge in [-0.25, -0.2) is 0 Å². The first-order valence-electron chi connectivity index (χ1n) is 15.3. The second kappa shape index (κ2) is 9.07. The van der Waals surface area contributed by atoms with Crippen LogP contribution in [0.15, 0.2) is 90.5 Å². The van der Waals surface area contributed by atoms with Crippen molar-refractivity contribution in [1.82, 2.24) is 9.80 Å².